The van der Waals surface area contributed by atoms with Crippen molar-refractivity contribution in [2.24, 2.45) is 0 Å². The molecular weight excluding hydrogens is 320 g/mol. The van der Waals surface area contributed by atoms with Crippen molar-refractivity contribution in [3.63, 3.8) is 0 Å². The predicted molar refractivity (Wildman–Crippen MR) is 100 cm³/mol. The fourth-order valence-electron chi connectivity index (χ4n) is 2.42. The van der Waals surface area contributed by atoms with Crippen molar-refractivity contribution in [1.29, 1.82) is 0 Å². The van der Waals surface area contributed by atoms with Gasteiger partial charge in [0.1, 0.15) is 21.4 Å². The van der Waals surface area contributed by atoms with Gasteiger partial charge in [0.15, 0.2) is 0 Å². The summed E-state index contributed by atoms with van der Waals surface area (Å²) < 4.78 is 5.93. The molecule has 0 bridgehead atoms. The van der Waals surface area contributed by atoms with Crippen molar-refractivity contribution >= 4 is 53.8 Å². The number of fused-ring (bicyclic) bond motifs is 5. The number of nitrogens with zero attached hydrogens (tertiary/aromatic N) is 4. The van der Waals surface area contributed by atoms with E-state index in [4.69, 9.17) is 14.6 Å². The van der Waals surface area contributed by atoms with Gasteiger partial charge in [-0.2, -0.15) is 0 Å². The first-order valence-corrected chi connectivity index (χ1v) is 8.91. The summed E-state index contributed by atoms with van der Waals surface area (Å²) in [6, 6.07) is 11.9. The molecular formula is C18H18N4OS. The van der Waals surface area contributed by atoms with Crippen LogP contribution in [0.25, 0.3) is 42.5 Å². The minimum atomic E-state index is 0.700. The third kappa shape index (κ3) is 2.59. The van der Waals surface area contributed by atoms with E-state index in [0.717, 1.165) is 26.8 Å². The van der Waals surface area contributed by atoms with Gasteiger partial charge >= 0.3 is 0 Å². The highest BCUT2D eigenvalue weighted by Gasteiger charge is 2.11. The summed E-state index contributed by atoms with van der Waals surface area (Å²) in [6.07, 6.45) is 0. The molecule has 122 valence electrons. The molecule has 0 aliphatic rings. The van der Waals surface area contributed by atoms with Gasteiger partial charge in [-0.15, -0.1) is 11.3 Å². The molecule has 2 aromatic carbocycles. The van der Waals surface area contributed by atoms with E-state index in [2.05, 4.69) is 22.4 Å². The van der Waals surface area contributed by atoms with Crippen LogP contribution in [0.15, 0.2) is 41.0 Å². The van der Waals surface area contributed by atoms with Crippen molar-refractivity contribution in [2.45, 2.75) is 27.7 Å². The van der Waals surface area contributed by atoms with Crippen LogP contribution in [-0.4, -0.2) is 20.3 Å². The lowest BCUT2D eigenvalue weighted by Gasteiger charge is -1.96. The zero-order valence-electron chi connectivity index (χ0n) is 14.1. The number of rotatable bonds is 0. The molecule has 24 heavy (non-hydrogen) atoms. The molecule has 0 amide bonds. The minimum absolute atomic E-state index is 0.700. The molecule has 0 aliphatic carbocycles. The molecule has 3 heterocycles. The number of hydrogen-bond acceptors (Lipinski definition) is 6. The van der Waals surface area contributed by atoms with Crippen LogP contribution in [0.1, 0.15) is 27.7 Å². The van der Waals surface area contributed by atoms with E-state index in [1.807, 2.05) is 52.0 Å². The molecule has 0 saturated heterocycles. The largest absolute Gasteiger partial charge is 0.243 e. The van der Waals surface area contributed by atoms with Gasteiger partial charge in [0.25, 0.3) is 0 Å². The van der Waals surface area contributed by atoms with Gasteiger partial charge in [-0.05, 0) is 28.5 Å². The summed E-state index contributed by atoms with van der Waals surface area (Å²) >= 11 is 1.65. The topological polar surface area (TPSA) is 64.7 Å². The normalized spacial score (nSPS) is 10.5. The van der Waals surface area contributed by atoms with Gasteiger partial charge in [-0.3, -0.25) is 0 Å². The van der Waals surface area contributed by atoms with Crippen LogP contribution >= 0.6 is 11.3 Å². The van der Waals surface area contributed by atoms with Gasteiger partial charge in [0.05, 0.1) is 11.0 Å². The fourth-order valence-corrected chi connectivity index (χ4v) is 3.45. The van der Waals surface area contributed by atoms with Crippen LogP contribution in [0.4, 0.5) is 0 Å². The van der Waals surface area contributed by atoms with Crippen molar-refractivity contribution in [3.8, 4) is 0 Å². The zero-order chi connectivity index (χ0) is 17.1. The molecule has 5 rings (SSSR count). The summed E-state index contributed by atoms with van der Waals surface area (Å²) in [5, 5.41) is 8.83. The maximum absolute atomic E-state index is 4.73. The van der Waals surface area contributed by atoms with E-state index < -0.39 is 0 Å². The van der Waals surface area contributed by atoms with E-state index in [1.54, 1.807) is 11.3 Å². The lowest BCUT2D eigenvalue weighted by atomic mass is 10.2. The lowest BCUT2D eigenvalue weighted by Crippen LogP contribution is -1.84. The molecule has 0 radical (unpaired) electrons. The molecule has 0 N–H and O–H groups in total. The Balaban J connectivity index is 0.000000396. The fraction of sp³-hybridized carbons (Fsp3) is 0.222. The predicted octanol–water partition coefficient (Wildman–Crippen LogP) is 5.59. The molecule has 0 unspecified atom stereocenters. The Morgan fingerprint density at radius 1 is 0.792 bits per heavy atom. The van der Waals surface area contributed by atoms with Crippen LogP contribution in [0.2, 0.25) is 0 Å². The Hall–Kier alpha value is -2.60. The molecule has 3 aromatic heterocycles. The van der Waals surface area contributed by atoms with E-state index >= 15 is 0 Å². The highest BCUT2D eigenvalue weighted by molar-refractivity contribution is 7.25. The summed E-state index contributed by atoms with van der Waals surface area (Å²) in [6.45, 7) is 8.00. The standard InChI is InChI=1S/C14H6N4OS.2C2H6/c1-2-4-12-7(3-1)13-14(20-12)16-9-6-11-10(17-19-18-11)5-8(9)15-13;2*1-2/h1-6H;2*1-2H3. The molecule has 0 atom stereocenters. The SMILES string of the molecule is CC.CC.c1ccc2c(c1)sc1nc3cc4nonc4cc3nc12. The molecule has 0 aliphatic heterocycles. The molecule has 5 nitrogen and oxygen atoms in total. The summed E-state index contributed by atoms with van der Waals surface area (Å²) in [5.41, 5.74) is 3.96. The summed E-state index contributed by atoms with van der Waals surface area (Å²) in [7, 11) is 0. The molecule has 0 saturated carbocycles. The Labute approximate surface area is 143 Å². The van der Waals surface area contributed by atoms with Crippen LogP contribution in [-0.2, 0) is 0 Å². The van der Waals surface area contributed by atoms with E-state index in [9.17, 15) is 0 Å². The highest BCUT2D eigenvalue weighted by Crippen LogP contribution is 2.32. The third-order valence-corrected chi connectivity index (χ3v) is 4.41. The number of thiophene rings is 1. The molecule has 0 fully saturated rings. The Morgan fingerprint density at radius 2 is 1.42 bits per heavy atom. The maximum Gasteiger partial charge on any atom is 0.143 e. The van der Waals surface area contributed by atoms with Crippen molar-refractivity contribution in [2.75, 3.05) is 0 Å². The van der Waals surface area contributed by atoms with E-state index in [1.165, 1.54) is 4.70 Å². The van der Waals surface area contributed by atoms with Crippen molar-refractivity contribution in [3.05, 3.63) is 36.4 Å². The first-order valence-electron chi connectivity index (χ1n) is 8.10. The van der Waals surface area contributed by atoms with E-state index in [0.29, 0.717) is 11.0 Å². The first-order chi connectivity index (χ1) is 11.9. The Bertz CT molecular complexity index is 1110. The number of hydrogen-bond donors (Lipinski definition) is 0. The van der Waals surface area contributed by atoms with Gasteiger partial charge in [-0.25, -0.2) is 14.6 Å². The number of aromatic nitrogens is 4. The third-order valence-electron chi connectivity index (χ3n) is 3.36. The van der Waals surface area contributed by atoms with Crippen LogP contribution < -0.4 is 0 Å². The zero-order valence-corrected chi connectivity index (χ0v) is 14.9. The monoisotopic (exact) mass is 338 g/mol. The highest BCUT2D eigenvalue weighted by atomic mass is 32.1. The van der Waals surface area contributed by atoms with Crippen LogP contribution in [0.3, 0.4) is 0 Å². The van der Waals surface area contributed by atoms with Crippen molar-refractivity contribution < 1.29 is 4.63 Å². The van der Waals surface area contributed by atoms with Gasteiger partial charge in [0.2, 0.25) is 0 Å². The summed E-state index contributed by atoms with van der Waals surface area (Å²) in [4.78, 5) is 10.4. The second-order valence-corrected chi connectivity index (χ2v) is 5.60. The molecule has 5 aromatic rings. The first kappa shape index (κ1) is 16.3. The summed E-state index contributed by atoms with van der Waals surface area (Å²) in [5.74, 6) is 0. The quantitative estimate of drug-likeness (QED) is 0.368. The molecule has 0 spiro atoms. The lowest BCUT2D eigenvalue weighted by molar-refractivity contribution is 0.315. The van der Waals surface area contributed by atoms with Crippen LogP contribution in [0, 0.1) is 0 Å². The second kappa shape index (κ2) is 6.88. The van der Waals surface area contributed by atoms with Gasteiger partial charge in [0, 0.05) is 10.1 Å². The second-order valence-electron chi connectivity index (χ2n) is 4.57. The average molecular weight is 338 g/mol. The average Bonchev–Trinajstić information content (AvgIpc) is 3.24. The van der Waals surface area contributed by atoms with Crippen LogP contribution in [0.5, 0.6) is 0 Å². The number of benzene rings is 2. The Kier molecular flexibility index (Phi) is 4.66. The van der Waals surface area contributed by atoms with E-state index in [-0.39, 0.29) is 0 Å². The molecule has 6 heteroatoms. The van der Waals surface area contributed by atoms with Crippen molar-refractivity contribution in [1.82, 2.24) is 20.3 Å². The minimum Gasteiger partial charge on any atom is -0.243 e. The van der Waals surface area contributed by atoms with Gasteiger partial charge in [-0.1, -0.05) is 45.9 Å². The maximum atomic E-state index is 4.73. The Morgan fingerprint density at radius 3 is 2.12 bits per heavy atom. The van der Waals surface area contributed by atoms with Gasteiger partial charge < -0.3 is 0 Å². The smallest absolute Gasteiger partial charge is 0.143 e.